The van der Waals surface area contributed by atoms with Gasteiger partial charge >= 0.3 is 0 Å². The van der Waals surface area contributed by atoms with Gasteiger partial charge in [-0.3, -0.25) is 9.59 Å². The third kappa shape index (κ3) is 2.29. The fraction of sp³-hybridized carbons (Fsp3) is 0.412. The Morgan fingerprint density at radius 1 is 1.00 bits per heavy atom. The van der Waals surface area contributed by atoms with Crippen LogP contribution in [0.25, 0.3) is 0 Å². The summed E-state index contributed by atoms with van der Waals surface area (Å²) in [6.07, 6.45) is -0.183. The van der Waals surface area contributed by atoms with Crippen molar-refractivity contribution in [1.29, 1.82) is 0 Å². The summed E-state index contributed by atoms with van der Waals surface area (Å²) in [7, 11) is 1.38. The maximum atomic E-state index is 12.8. The van der Waals surface area contributed by atoms with E-state index in [4.69, 9.17) is 9.47 Å². The number of ether oxygens (including phenoxy) is 2. The van der Waals surface area contributed by atoms with Crippen LogP contribution in [0, 0.1) is 6.92 Å². The van der Waals surface area contributed by atoms with E-state index in [-0.39, 0.29) is 17.6 Å². The molecule has 1 atom stereocenters. The highest BCUT2D eigenvalue weighted by Gasteiger charge is 2.56. The van der Waals surface area contributed by atoms with Crippen molar-refractivity contribution in [2.45, 2.75) is 39.4 Å². The van der Waals surface area contributed by atoms with Gasteiger partial charge in [0.2, 0.25) is 17.2 Å². The van der Waals surface area contributed by atoms with Gasteiger partial charge in [-0.1, -0.05) is 29.8 Å². The molecule has 1 aliphatic rings. The third-order valence-corrected chi connectivity index (χ3v) is 3.64. The minimum atomic E-state index is -1.61. The molecule has 0 N–H and O–H groups in total. The summed E-state index contributed by atoms with van der Waals surface area (Å²) in [6.45, 7) is 7.18. The Bertz CT molecular complexity index is 610. The average molecular weight is 288 g/mol. The summed E-state index contributed by atoms with van der Waals surface area (Å²) in [5.74, 6) is -0.669. The molecule has 2 rings (SSSR count). The quantitative estimate of drug-likeness (QED) is 0.799. The summed E-state index contributed by atoms with van der Waals surface area (Å²) in [5.41, 5.74) is 0.289. The lowest BCUT2D eigenvalue weighted by Crippen LogP contribution is -2.42. The Balaban J connectivity index is 2.54. The van der Waals surface area contributed by atoms with Crippen LogP contribution < -0.4 is 0 Å². The van der Waals surface area contributed by atoms with Crippen LogP contribution in [-0.2, 0) is 24.7 Å². The van der Waals surface area contributed by atoms with Gasteiger partial charge in [-0.05, 0) is 33.3 Å². The van der Waals surface area contributed by atoms with E-state index in [1.807, 2.05) is 32.9 Å². The number of rotatable bonds is 4. The van der Waals surface area contributed by atoms with Gasteiger partial charge in [-0.15, -0.1) is 0 Å². The van der Waals surface area contributed by atoms with E-state index in [0.29, 0.717) is 11.1 Å². The van der Waals surface area contributed by atoms with Crippen LogP contribution >= 0.6 is 0 Å². The first-order chi connectivity index (χ1) is 9.84. The van der Waals surface area contributed by atoms with Gasteiger partial charge < -0.3 is 9.47 Å². The molecule has 4 heteroatoms. The first kappa shape index (κ1) is 15.4. The van der Waals surface area contributed by atoms with E-state index < -0.39 is 11.4 Å². The molecular formula is C17H20O4. The molecule has 0 amide bonds. The second-order valence-corrected chi connectivity index (χ2v) is 5.53. The average Bonchev–Trinajstić information content (AvgIpc) is 2.62. The summed E-state index contributed by atoms with van der Waals surface area (Å²) < 4.78 is 10.9. The van der Waals surface area contributed by atoms with Crippen LogP contribution in [0.2, 0.25) is 0 Å². The molecule has 0 radical (unpaired) electrons. The highest BCUT2D eigenvalue weighted by molar-refractivity contribution is 6.29. The molecule has 1 aromatic carbocycles. The topological polar surface area (TPSA) is 52.6 Å². The van der Waals surface area contributed by atoms with Crippen molar-refractivity contribution in [1.82, 2.24) is 0 Å². The van der Waals surface area contributed by atoms with Crippen LogP contribution in [0.15, 0.2) is 35.6 Å². The van der Waals surface area contributed by atoms with Crippen molar-refractivity contribution in [3.05, 3.63) is 46.7 Å². The molecule has 1 aliphatic carbocycles. The van der Waals surface area contributed by atoms with Gasteiger partial charge in [0, 0.05) is 12.7 Å². The zero-order chi connectivity index (χ0) is 15.8. The standard InChI is InChI=1S/C17H20O4/c1-10(2)21-14-12(4)15(18)17(20-5,16(14)19)13-8-6-11(3)7-9-13/h6-10H,1-5H3. The number of hydrogen-bond donors (Lipinski definition) is 0. The fourth-order valence-corrected chi connectivity index (χ4v) is 2.53. The fourth-order valence-electron chi connectivity index (χ4n) is 2.53. The number of benzene rings is 1. The maximum Gasteiger partial charge on any atom is 0.242 e. The van der Waals surface area contributed by atoms with Crippen LogP contribution in [0.1, 0.15) is 31.9 Å². The van der Waals surface area contributed by atoms with Crippen molar-refractivity contribution in [2.75, 3.05) is 7.11 Å². The second kappa shape index (κ2) is 5.45. The van der Waals surface area contributed by atoms with E-state index in [0.717, 1.165) is 5.56 Å². The highest BCUT2D eigenvalue weighted by Crippen LogP contribution is 2.40. The number of carbonyl (C=O) groups excluding carboxylic acids is 2. The number of Topliss-reactive ketones (excluding diaryl/α,β-unsaturated/α-hetero) is 2. The first-order valence-corrected chi connectivity index (χ1v) is 6.94. The van der Waals surface area contributed by atoms with Gasteiger partial charge in [0.15, 0.2) is 5.76 Å². The van der Waals surface area contributed by atoms with Crippen LogP contribution in [0.3, 0.4) is 0 Å². The SMILES string of the molecule is COC1(c2ccc(C)cc2)C(=O)C(C)=C(OC(C)C)C1=O. The Labute approximate surface area is 124 Å². The molecule has 0 fully saturated rings. The molecular weight excluding hydrogens is 268 g/mol. The van der Waals surface area contributed by atoms with Crippen LogP contribution in [0.5, 0.6) is 0 Å². The Hall–Kier alpha value is -1.94. The van der Waals surface area contributed by atoms with E-state index in [1.54, 1.807) is 19.1 Å². The molecule has 0 heterocycles. The Morgan fingerprint density at radius 2 is 1.57 bits per heavy atom. The molecule has 0 saturated heterocycles. The number of hydrogen-bond acceptors (Lipinski definition) is 4. The Morgan fingerprint density at radius 3 is 2.05 bits per heavy atom. The van der Waals surface area contributed by atoms with Crippen molar-refractivity contribution >= 4 is 11.6 Å². The normalized spacial score (nSPS) is 22.4. The van der Waals surface area contributed by atoms with Crippen LogP contribution in [-0.4, -0.2) is 24.8 Å². The highest BCUT2D eigenvalue weighted by atomic mass is 16.5. The lowest BCUT2D eigenvalue weighted by molar-refractivity contribution is -0.150. The summed E-state index contributed by atoms with van der Waals surface area (Å²) in [5, 5.41) is 0. The third-order valence-electron chi connectivity index (χ3n) is 3.64. The van der Waals surface area contributed by atoms with E-state index >= 15 is 0 Å². The molecule has 21 heavy (non-hydrogen) atoms. The molecule has 0 saturated carbocycles. The predicted molar refractivity (Wildman–Crippen MR) is 78.8 cm³/mol. The molecule has 0 spiro atoms. The molecule has 112 valence electrons. The second-order valence-electron chi connectivity index (χ2n) is 5.53. The Kier molecular flexibility index (Phi) is 4.01. The number of carbonyl (C=O) groups is 2. The number of ketones is 2. The molecule has 1 unspecified atom stereocenters. The van der Waals surface area contributed by atoms with Gasteiger partial charge in [0.05, 0.1) is 6.10 Å². The monoisotopic (exact) mass is 288 g/mol. The van der Waals surface area contributed by atoms with Gasteiger partial charge in [-0.25, -0.2) is 0 Å². The zero-order valence-electron chi connectivity index (χ0n) is 13.0. The van der Waals surface area contributed by atoms with Crippen molar-refractivity contribution in [3.63, 3.8) is 0 Å². The van der Waals surface area contributed by atoms with E-state index in [2.05, 4.69) is 0 Å². The predicted octanol–water partition coefficient (Wildman–Crippen LogP) is 2.69. The number of methoxy groups -OCH3 is 1. The molecule has 0 bridgehead atoms. The molecule has 4 nitrogen and oxygen atoms in total. The van der Waals surface area contributed by atoms with Crippen molar-refractivity contribution in [3.8, 4) is 0 Å². The minimum absolute atomic E-state index is 0.109. The zero-order valence-corrected chi connectivity index (χ0v) is 13.0. The molecule has 0 aromatic heterocycles. The molecule has 1 aromatic rings. The smallest absolute Gasteiger partial charge is 0.242 e. The minimum Gasteiger partial charge on any atom is -0.487 e. The van der Waals surface area contributed by atoms with Gasteiger partial charge in [0.1, 0.15) is 0 Å². The number of aryl methyl sites for hydroxylation is 1. The van der Waals surface area contributed by atoms with E-state index in [1.165, 1.54) is 7.11 Å². The lowest BCUT2D eigenvalue weighted by Gasteiger charge is -2.25. The first-order valence-electron chi connectivity index (χ1n) is 6.94. The molecule has 0 aliphatic heterocycles. The van der Waals surface area contributed by atoms with E-state index in [9.17, 15) is 9.59 Å². The van der Waals surface area contributed by atoms with Gasteiger partial charge in [-0.2, -0.15) is 0 Å². The maximum absolute atomic E-state index is 12.8. The summed E-state index contributed by atoms with van der Waals surface area (Å²) in [4.78, 5) is 25.4. The van der Waals surface area contributed by atoms with Crippen LogP contribution in [0.4, 0.5) is 0 Å². The van der Waals surface area contributed by atoms with Crippen molar-refractivity contribution < 1.29 is 19.1 Å². The van der Waals surface area contributed by atoms with Crippen molar-refractivity contribution in [2.24, 2.45) is 0 Å². The lowest BCUT2D eigenvalue weighted by atomic mass is 9.87. The largest absolute Gasteiger partial charge is 0.487 e. The summed E-state index contributed by atoms with van der Waals surface area (Å²) in [6, 6.07) is 7.21. The van der Waals surface area contributed by atoms with Gasteiger partial charge in [0.25, 0.3) is 0 Å². The summed E-state index contributed by atoms with van der Waals surface area (Å²) >= 11 is 0.